The van der Waals surface area contributed by atoms with Gasteiger partial charge in [0, 0.05) is 32.3 Å². The summed E-state index contributed by atoms with van der Waals surface area (Å²) >= 11 is 0.785. The molecular formula is C17H18FN3O5S2. The van der Waals surface area contributed by atoms with Crippen LogP contribution < -0.4 is 5.32 Å². The van der Waals surface area contributed by atoms with Crippen LogP contribution in [0.2, 0.25) is 0 Å². The first-order valence-electron chi connectivity index (χ1n) is 8.35. The Morgan fingerprint density at radius 2 is 2.11 bits per heavy atom. The third-order valence-electron chi connectivity index (χ3n) is 4.53. The van der Waals surface area contributed by atoms with Crippen LogP contribution in [0.4, 0.5) is 15.1 Å². The lowest BCUT2D eigenvalue weighted by atomic mass is 9.99. The van der Waals surface area contributed by atoms with Gasteiger partial charge in [0.1, 0.15) is 10.0 Å². The molecule has 1 aliphatic rings. The van der Waals surface area contributed by atoms with Gasteiger partial charge in [-0.25, -0.2) is 12.8 Å². The first-order valence-corrected chi connectivity index (χ1v) is 11.1. The maximum Gasteiger partial charge on any atom is 0.304 e. The summed E-state index contributed by atoms with van der Waals surface area (Å²) in [4.78, 5) is 24.1. The Morgan fingerprint density at radius 1 is 1.39 bits per heavy atom. The summed E-state index contributed by atoms with van der Waals surface area (Å²) in [6.45, 7) is 2.04. The normalized spacial score (nSPS) is 17.0. The number of carbonyl (C=O) groups is 1. The molecule has 1 atom stereocenters. The fourth-order valence-corrected chi connectivity index (χ4v) is 5.13. The number of sulfone groups is 1. The minimum atomic E-state index is -3.60. The lowest BCUT2D eigenvalue weighted by molar-refractivity contribution is -0.383. The molecule has 2 aromatic rings. The molecule has 3 rings (SSSR count). The smallest absolute Gasteiger partial charge is 0.304 e. The van der Waals surface area contributed by atoms with Gasteiger partial charge in [0.2, 0.25) is 5.91 Å². The van der Waals surface area contributed by atoms with Crippen LogP contribution in [-0.2, 0) is 21.2 Å². The molecule has 28 heavy (non-hydrogen) atoms. The topological polar surface area (TPSA) is 110 Å². The van der Waals surface area contributed by atoms with Crippen LogP contribution in [0.25, 0.3) is 0 Å². The van der Waals surface area contributed by atoms with Crippen LogP contribution in [0.1, 0.15) is 30.5 Å². The minimum absolute atomic E-state index is 0.111. The van der Waals surface area contributed by atoms with E-state index in [-0.39, 0.29) is 27.3 Å². The summed E-state index contributed by atoms with van der Waals surface area (Å²) in [7, 11) is -3.60. The first-order chi connectivity index (χ1) is 13.1. The third kappa shape index (κ3) is 4.14. The maximum absolute atomic E-state index is 13.7. The Labute approximate surface area is 165 Å². The van der Waals surface area contributed by atoms with Crippen LogP contribution in [-0.4, -0.2) is 36.9 Å². The van der Waals surface area contributed by atoms with Gasteiger partial charge in [-0.1, -0.05) is 17.4 Å². The Kier molecular flexibility index (Phi) is 5.39. The zero-order valence-electron chi connectivity index (χ0n) is 15.1. The zero-order chi connectivity index (χ0) is 20.6. The number of anilines is 1. The molecule has 0 spiro atoms. The van der Waals surface area contributed by atoms with Crippen molar-refractivity contribution in [3.05, 3.63) is 51.3 Å². The van der Waals surface area contributed by atoms with E-state index in [0.29, 0.717) is 24.1 Å². The highest BCUT2D eigenvalue weighted by atomic mass is 32.2. The van der Waals surface area contributed by atoms with Gasteiger partial charge >= 0.3 is 5.69 Å². The predicted molar refractivity (Wildman–Crippen MR) is 103 cm³/mol. The molecule has 0 saturated carbocycles. The van der Waals surface area contributed by atoms with E-state index in [2.05, 4.69) is 5.32 Å². The summed E-state index contributed by atoms with van der Waals surface area (Å²) in [5.74, 6) is -0.596. The molecule has 8 nitrogen and oxygen atoms in total. The summed E-state index contributed by atoms with van der Waals surface area (Å²) in [5.41, 5.74) is 0.989. The van der Waals surface area contributed by atoms with E-state index < -0.39 is 26.6 Å². The number of hydrogen-bond donors (Lipinski definition) is 1. The Bertz CT molecular complexity index is 1050. The van der Waals surface area contributed by atoms with Crippen LogP contribution in [0.5, 0.6) is 0 Å². The molecule has 0 aliphatic carbocycles. The number of benzene rings is 1. The molecule has 150 valence electrons. The summed E-state index contributed by atoms with van der Waals surface area (Å²) in [6, 6.07) is 4.82. The van der Waals surface area contributed by atoms with Crippen molar-refractivity contribution in [3.63, 3.8) is 0 Å². The van der Waals surface area contributed by atoms with Gasteiger partial charge < -0.3 is 10.2 Å². The molecule has 0 saturated heterocycles. The standard InChI is InChI=1S/C17H18FN3O5S2/c1-10(22)20-6-5-14(13-4-3-12(18)7-11(13)9-20)19-17-15(21(23)24)8-16(27-17)28(2,25)26/h3-4,7-8,14,19H,5-6,9H2,1-2H3. The number of rotatable bonds is 4. The molecule has 0 bridgehead atoms. The van der Waals surface area contributed by atoms with E-state index in [1.807, 2.05) is 0 Å². The van der Waals surface area contributed by atoms with Gasteiger partial charge in [0.25, 0.3) is 0 Å². The molecule has 1 N–H and O–H groups in total. The van der Waals surface area contributed by atoms with Crippen LogP contribution >= 0.6 is 11.3 Å². The molecule has 1 aliphatic heterocycles. The number of nitrogens with zero attached hydrogens (tertiary/aromatic N) is 2. The number of nitrogens with one attached hydrogen (secondary N) is 1. The average molecular weight is 427 g/mol. The van der Waals surface area contributed by atoms with Crippen molar-refractivity contribution < 1.29 is 22.5 Å². The van der Waals surface area contributed by atoms with E-state index in [4.69, 9.17) is 0 Å². The van der Waals surface area contributed by atoms with E-state index in [0.717, 1.165) is 23.7 Å². The second kappa shape index (κ2) is 7.47. The molecule has 2 heterocycles. The third-order valence-corrected chi connectivity index (χ3v) is 7.39. The van der Waals surface area contributed by atoms with Gasteiger partial charge in [-0.2, -0.15) is 0 Å². The molecule has 1 amide bonds. The molecular weight excluding hydrogens is 409 g/mol. The molecule has 1 unspecified atom stereocenters. The van der Waals surface area contributed by atoms with E-state index in [1.54, 1.807) is 11.0 Å². The molecule has 0 radical (unpaired) electrons. The van der Waals surface area contributed by atoms with E-state index >= 15 is 0 Å². The lowest BCUT2D eigenvalue weighted by Gasteiger charge is -2.19. The maximum atomic E-state index is 13.7. The first kappa shape index (κ1) is 20.2. The van der Waals surface area contributed by atoms with Gasteiger partial charge in [0.05, 0.1) is 11.0 Å². The van der Waals surface area contributed by atoms with Crippen LogP contribution in [0, 0.1) is 15.9 Å². The largest absolute Gasteiger partial charge is 0.364 e. The van der Waals surface area contributed by atoms with Gasteiger partial charge in [-0.3, -0.25) is 14.9 Å². The molecule has 1 aromatic carbocycles. The summed E-state index contributed by atoms with van der Waals surface area (Å²) in [6.07, 6.45) is 1.42. The van der Waals surface area contributed by atoms with Crippen LogP contribution in [0.3, 0.4) is 0 Å². The van der Waals surface area contributed by atoms with Crippen molar-refractivity contribution in [2.75, 3.05) is 18.1 Å². The lowest BCUT2D eigenvalue weighted by Crippen LogP contribution is -2.28. The number of amides is 1. The van der Waals surface area contributed by atoms with Crippen molar-refractivity contribution in [2.24, 2.45) is 0 Å². The van der Waals surface area contributed by atoms with Crippen LogP contribution in [0.15, 0.2) is 28.5 Å². The highest BCUT2D eigenvalue weighted by Gasteiger charge is 2.29. The number of thiophene rings is 1. The quantitative estimate of drug-likeness (QED) is 0.593. The molecule has 0 fully saturated rings. The predicted octanol–water partition coefficient (Wildman–Crippen LogP) is 3.10. The number of hydrogen-bond acceptors (Lipinski definition) is 7. The second-order valence-corrected chi connectivity index (χ2v) is 9.87. The Morgan fingerprint density at radius 3 is 2.71 bits per heavy atom. The highest BCUT2D eigenvalue weighted by Crippen LogP contribution is 2.40. The Balaban J connectivity index is 2.02. The summed E-state index contributed by atoms with van der Waals surface area (Å²) < 4.78 is 37.2. The number of carbonyl (C=O) groups excluding carboxylic acids is 1. The van der Waals surface area contributed by atoms with Crippen molar-refractivity contribution in [1.29, 1.82) is 0 Å². The zero-order valence-corrected chi connectivity index (χ0v) is 16.8. The van der Waals surface area contributed by atoms with Crippen molar-refractivity contribution >= 4 is 37.8 Å². The molecule has 1 aromatic heterocycles. The van der Waals surface area contributed by atoms with Crippen molar-refractivity contribution in [1.82, 2.24) is 4.90 Å². The number of halogens is 1. The highest BCUT2D eigenvalue weighted by molar-refractivity contribution is 7.92. The van der Waals surface area contributed by atoms with Crippen molar-refractivity contribution in [3.8, 4) is 0 Å². The van der Waals surface area contributed by atoms with Gasteiger partial charge in [-0.05, 0) is 29.7 Å². The molecule has 11 heteroatoms. The van der Waals surface area contributed by atoms with Crippen molar-refractivity contribution in [2.45, 2.75) is 30.1 Å². The van der Waals surface area contributed by atoms with Gasteiger partial charge in [-0.15, -0.1) is 0 Å². The Hall–Kier alpha value is -2.53. The van der Waals surface area contributed by atoms with Gasteiger partial charge in [0.15, 0.2) is 14.8 Å². The summed E-state index contributed by atoms with van der Waals surface area (Å²) in [5, 5.41) is 14.5. The van der Waals surface area contributed by atoms with E-state index in [1.165, 1.54) is 19.1 Å². The number of fused-ring (bicyclic) bond motifs is 1. The fourth-order valence-electron chi connectivity index (χ4n) is 3.13. The number of nitro groups is 1. The average Bonchev–Trinajstić information content (AvgIpc) is 2.93. The monoisotopic (exact) mass is 427 g/mol. The second-order valence-electron chi connectivity index (χ2n) is 6.58. The van der Waals surface area contributed by atoms with E-state index in [9.17, 15) is 27.7 Å². The fraction of sp³-hybridized carbons (Fsp3) is 0.353. The minimum Gasteiger partial charge on any atom is -0.364 e. The SMILES string of the molecule is CC(=O)N1CCC(Nc2sc(S(C)(=O)=O)cc2[N+](=O)[O-])c2ccc(F)cc2C1.